The highest BCUT2D eigenvalue weighted by molar-refractivity contribution is 5.79. The van der Waals surface area contributed by atoms with Crippen molar-refractivity contribution in [1.29, 1.82) is 0 Å². The summed E-state index contributed by atoms with van der Waals surface area (Å²) in [6.07, 6.45) is 2.76. The zero-order valence-electron chi connectivity index (χ0n) is 6.82. The lowest BCUT2D eigenvalue weighted by Gasteiger charge is -2.11. The average Bonchev–Trinajstić information content (AvgIpc) is 1.98. The fraction of sp³-hybridized carbons (Fsp3) is 0.625. The highest BCUT2D eigenvalue weighted by Gasteiger charge is 2.07. The normalized spacial score (nSPS) is 16.6. The van der Waals surface area contributed by atoms with Crippen molar-refractivity contribution in [3.05, 3.63) is 12.2 Å². The van der Waals surface area contributed by atoms with E-state index in [1.165, 1.54) is 6.08 Å². The monoisotopic (exact) mass is 158 g/mol. The van der Waals surface area contributed by atoms with Crippen molar-refractivity contribution in [2.45, 2.75) is 26.4 Å². The Hall–Kier alpha value is -0.830. The van der Waals surface area contributed by atoms with Gasteiger partial charge in [-0.2, -0.15) is 0 Å². The molecule has 0 aromatic carbocycles. The van der Waals surface area contributed by atoms with Gasteiger partial charge < -0.3 is 10.2 Å². The molecule has 0 spiro atoms. The van der Waals surface area contributed by atoms with E-state index in [1.54, 1.807) is 6.92 Å². The molecule has 0 aromatic rings. The minimum Gasteiger partial charge on any atom is -0.478 e. The van der Waals surface area contributed by atoms with Gasteiger partial charge in [0.25, 0.3) is 0 Å². The van der Waals surface area contributed by atoms with Gasteiger partial charge in [-0.05, 0) is 6.42 Å². The lowest BCUT2D eigenvalue weighted by Crippen LogP contribution is -2.14. The number of rotatable bonds is 4. The molecule has 3 heteroatoms. The van der Waals surface area contributed by atoms with Crippen molar-refractivity contribution in [3.8, 4) is 0 Å². The smallest absolute Gasteiger partial charge is 0.327 e. The van der Waals surface area contributed by atoms with E-state index in [9.17, 15) is 9.90 Å². The third-order valence-corrected chi connectivity index (χ3v) is 1.57. The largest absolute Gasteiger partial charge is 0.478 e. The van der Waals surface area contributed by atoms with E-state index < -0.39 is 12.1 Å². The number of aliphatic hydroxyl groups excluding tert-OH is 1. The van der Waals surface area contributed by atoms with Crippen LogP contribution in [0.3, 0.4) is 0 Å². The Morgan fingerprint density at radius 1 is 1.64 bits per heavy atom. The quantitative estimate of drug-likeness (QED) is 0.601. The van der Waals surface area contributed by atoms with E-state index >= 15 is 0 Å². The molecule has 0 rings (SSSR count). The fourth-order valence-corrected chi connectivity index (χ4v) is 0.734. The van der Waals surface area contributed by atoms with Crippen LogP contribution in [0.5, 0.6) is 0 Å². The van der Waals surface area contributed by atoms with Crippen LogP contribution in [-0.2, 0) is 4.79 Å². The number of carboxylic acids is 1. The van der Waals surface area contributed by atoms with E-state index in [0.29, 0.717) is 6.42 Å². The first-order valence-corrected chi connectivity index (χ1v) is 3.67. The molecule has 3 nitrogen and oxygen atoms in total. The van der Waals surface area contributed by atoms with Gasteiger partial charge in [0.2, 0.25) is 0 Å². The second-order valence-electron chi connectivity index (χ2n) is 2.53. The molecule has 0 heterocycles. The van der Waals surface area contributed by atoms with Crippen LogP contribution in [0.4, 0.5) is 0 Å². The summed E-state index contributed by atoms with van der Waals surface area (Å²) >= 11 is 0. The zero-order valence-corrected chi connectivity index (χ0v) is 6.82. The molecular weight excluding hydrogens is 144 g/mol. The molecule has 0 saturated carbocycles. The Balaban J connectivity index is 3.85. The van der Waals surface area contributed by atoms with Crippen LogP contribution in [0.1, 0.15) is 20.3 Å². The molecule has 0 aromatic heterocycles. The van der Waals surface area contributed by atoms with E-state index in [2.05, 4.69) is 0 Å². The number of aliphatic hydroxyl groups is 1. The van der Waals surface area contributed by atoms with Gasteiger partial charge in [0.05, 0.1) is 6.10 Å². The van der Waals surface area contributed by atoms with Crippen LogP contribution < -0.4 is 0 Å². The molecule has 0 fully saturated rings. The van der Waals surface area contributed by atoms with Crippen molar-refractivity contribution < 1.29 is 15.0 Å². The van der Waals surface area contributed by atoms with E-state index in [0.717, 1.165) is 6.08 Å². The molecule has 0 aliphatic heterocycles. The summed E-state index contributed by atoms with van der Waals surface area (Å²) < 4.78 is 0. The maximum atomic E-state index is 10.0. The third kappa shape index (κ3) is 4.56. The number of carbonyl (C=O) groups is 1. The summed E-state index contributed by atoms with van der Waals surface area (Å²) in [4.78, 5) is 10.0. The van der Waals surface area contributed by atoms with Gasteiger partial charge in [0.1, 0.15) is 0 Å². The fourth-order valence-electron chi connectivity index (χ4n) is 0.734. The van der Waals surface area contributed by atoms with Crippen molar-refractivity contribution in [3.63, 3.8) is 0 Å². The lowest BCUT2D eigenvalue weighted by molar-refractivity contribution is -0.131. The summed E-state index contributed by atoms with van der Waals surface area (Å²) in [6, 6.07) is 0. The predicted octanol–water partition coefficient (Wildman–Crippen LogP) is 1.03. The third-order valence-electron chi connectivity index (χ3n) is 1.57. The maximum Gasteiger partial charge on any atom is 0.327 e. The Kier molecular flexibility index (Phi) is 4.54. The zero-order chi connectivity index (χ0) is 8.85. The summed E-state index contributed by atoms with van der Waals surface area (Å²) in [7, 11) is 0. The van der Waals surface area contributed by atoms with Gasteiger partial charge in [-0.15, -0.1) is 0 Å². The van der Waals surface area contributed by atoms with Gasteiger partial charge in [0.15, 0.2) is 0 Å². The number of carboxylic acid groups (broad SMARTS) is 1. The number of aliphatic carboxylic acids is 1. The van der Waals surface area contributed by atoms with Gasteiger partial charge >= 0.3 is 5.97 Å². The van der Waals surface area contributed by atoms with Crippen molar-refractivity contribution in [1.82, 2.24) is 0 Å². The maximum absolute atomic E-state index is 10.0. The Bertz CT molecular complexity index is 151. The minimum atomic E-state index is -0.972. The van der Waals surface area contributed by atoms with E-state index in [4.69, 9.17) is 5.11 Å². The Morgan fingerprint density at radius 2 is 2.18 bits per heavy atom. The van der Waals surface area contributed by atoms with Gasteiger partial charge in [-0.3, -0.25) is 0 Å². The highest BCUT2D eigenvalue weighted by Crippen LogP contribution is 2.07. The van der Waals surface area contributed by atoms with Crippen LogP contribution in [0.25, 0.3) is 0 Å². The summed E-state index contributed by atoms with van der Waals surface area (Å²) in [6.45, 7) is 3.64. The van der Waals surface area contributed by atoms with Crippen LogP contribution in [0.2, 0.25) is 0 Å². The standard InChI is InChI=1S/C8H14O3/c1-3-7(9)6(2)4-5-8(10)11/h4-7,9H,3H2,1-2H3,(H,10,11)/b5-4+/t6-,7-/m1/s1. The van der Waals surface area contributed by atoms with Crippen LogP contribution >= 0.6 is 0 Å². The molecule has 11 heavy (non-hydrogen) atoms. The first-order chi connectivity index (χ1) is 5.07. The average molecular weight is 158 g/mol. The molecule has 2 atom stereocenters. The van der Waals surface area contributed by atoms with Gasteiger partial charge in [-0.1, -0.05) is 19.9 Å². The number of hydrogen-bond donors (Lipinski definition) is 2. The molecule has 0 amide bonds. The molecule has 0 bridgehead atoms. The van der Waals surface area contributed by atoms with E-state index in [1.807, 2.05) is 6.92 Å². The van der Waals surface area contributed by atoms with Crippen LogP contribution in [-0.4, -0.2) is 22.3 Å². The van der Waals surface area contributed by atoms with Crippen molar-refractivity contribution in [2.75, 3.05) is 0 Å². The van der Waals surface area contributed by atoms with Gasteiger partial charge in [0, 0.05) is 12.0 Å². The molecule has 64 valence electrons. The lowest BCUT2D eigenvalue weighted by atomic mass is 10.0. The van der Waals surface area contributed by atoms with Crippen molar-refractivity contribution >= 4 is 5.97 Å². The molecule has 0 aliphatic rings. The summed E-state index contributed by atoms with van der Waals surface area (Å²) in [5.41, 5.74) is 0. The molecule has 0 radical (unpaired) electrons. The van der Waals surface area contributed by atoms with E-state index in [-0.39, 0.29) is 5.92 Å². The predicted molar refractivity (Wildman–Crippen MR) is 42.2 cm³/mol. The highest BCUT2D eigenvalue weighted by atomic mass is 16.4. The summed E-state index contributed by atoms with van der Waals surface area (Å²) in [5, 5.41) is 17.4. The Labute approximate surface area is 66.4 Å². The molecule has 0 saturated heterocycles. The molecule has 2 N–H and O–H groups in total. The van der Waals surface area contributed by atoms with Crippen molar-refractivity contribution in [2.24, 2.45) is 5.92 Å². The number of hydrogen-bond acceptors (Lipinski definition) is 2. The van der Waals surface area contributed by atoms with Crippen LogP contribution in [0.15, 0.2) is 12.2 Å². The first-order valence-electron chi connectivity index (χ1n) is 3.67. The van der Waals surface area contributed by atoms with Crippen LogP contribution in [0, 0.1) is 5.92 Å². The molecule has 0 aliphatic carbocycles. The molecule has 0 unspecified atom stereocenters. The minimum absolute atomic E-state index is 0.0869. The first kappa shape index (κ1) is 10.2. The SMILES string of the molecule is CC[C@@H](O)[C@H](C)/C=C/C(=O)O. The second kappa shape index (κ2) is 4.91. The topological polar surface area (TPSA) is 57.5 Å². The summed E-state index contributed by atoms with van der Waals surface area (Å²) in [5.74, 6) is -1.06. The van der Waals surface area contributed by atoms with Gasteiger partial charge in [-0.25, -0.2) is 4.79 Å². The molecular formula is C8H14O3. The second-order valence-corrected chi connectivity index (χ2v) is 2.53. The Morgan fingerprint density at radius 3 is 2.55 bits per heavy atom.